The molecule has 0 radical (unpaired) electrons. The van der Waals surface area contributed by atoms with E-state index in [0.717, 1.165) is 32.3 Å². The maximum atomic E-state index is 11.2. The Bertz CT molecular complexity index is 475. The predicted molar refractivity (Wildman–Crippen MR) is 75.8 cm³/mol. The van der Waals surface area contributed by atoms with Crippen LogP contribution in [-0.4, -0.2) is 32.6 Å². The Balaban J connectivity index is 1.77. The molecule has 0 N–H and O–H groups in total. The Labute approximate surface area is 124 Å². The van der Waals surface area contributed by atoms with Crippen LogP contribution >= 0.6 is 0 Å². The summed E-state index contributed by atoms with van der Waals surface area (Å²) in [5, 5.41) is 0. The number of allylic oxidation sites excluding steroid dienone is 3. The van der Waals surface area contributed by atoms with E-state index in [1.54, 1.807) is 0 Å². The minimum absolute atomic E-state index is 0.135. The highest BCUT2D eigenvalue weighted by Crippen LogP contribution is 2.19. The molecule has 114 valence electrons. The Kier molecular flexibility index (Phi) is 6.32. The van der Waals surface area contributed by atoms with Crippen molar-refractivity contribution in [3.63, 3.8) is 0 Å². The lowest BCUT2D eigenvalue weighted by molar-refractivity contribution is -0.154. The van der Waals surface area contributed by atoms with Gasteiger partial charge in [-0.3, -0.25) is 0 Å². The minimum Gasteiger partial charge on any atom is -0.466 e. The smallest absolute Gasteiger partial charge is 0.333 e. The van der Waals surface area contributed by atoms with Crippen molar-refractivity contribution in [1.29, 1.82) is 0 Å². The molecule has 21 heavy (non-hydrogen) atoms. The topological polar surface area (TPSA) is 54.0 Å². The lowest BCUT2D eigenvalue weighted by atomic mass is 10.2. The summed E-state index contributed by atoms with van der Waals surface area (Å²) in [6.07, 6.45) is 7.73. The van der Waals surface area contributed by atoms with Crippen molar-refractivity contribution in [1.82, 2.24) is 0 Å². The molecule has 0 saturated carbocycles. The van der Waals surface area contributed by atoms with Crippen molar-refractivity contribution in [2.45, 2.75) is 38.4 Å². The fourth-order valence-corrected chi connectivity index (χ4v) is 2.05. The van der Waals surface area contributed by atoms with Gasteiger partial charge in [-0.05, 0) is 37.7 Å². The van der Waals surface area contributed by atoms with Crippen LogP contribution in [-0.2, 0) is 23.7 Å². The zero-order valence-electron chi connectivity index (χ0n) is 12.2. The third-order valence-corrected chi connectivity index (χ3v) is 3.13. The molecule has 2 rings (SSSR count). The number of ether oxygens (including phenoxy) is 4. The van der Waals surface area contributed by atoms with Crippen LogP contribution in [0.15, 0.2) is 23.7 Å². The van der Waals surface area contributed by atoms with E-state index in [0.29, 0.717) is 24.5 Å². The standard InChI is InChI=1S/C16H20O5/c1-18-15(17)12-14-7-4-6-13(21-14)8-5-11-20-16-9-2-3-10-19-16/h6,12,16H,2-4,7,9-11H2,1H3/b14-12+. The van der Waals surface area contributed by atoms with E-state index >= 15 is 0 Å². The van der Waals surface area contributed by atoms with Crippen LogP contribution in [0, 0.1) is 11.8 Å². The number of esters is 1. The third kappa shape index (κ3) is 5.62. The Morgan fingerprint density at radius 3 is 3.19 bits per heavy atom. The largest absolute Gasteiger partial charge is 0.466 e. The molecule has 1 atom stereocenters. The number of methoxy groups -OCH3 is 1. The van der Waals surface area contributed by atoms with Crippen LogP contribution < -0.4 is 0 Å². The van der Waals surface area contributed by atoms with Gasteiger partial charge in [0.1, 0.15) is 12.4 Å². The summed E-state index contributed by atoms with van der Waals surface area (Å²) in [5.74, 6) is 6.50. The van der Waals surface area contributed by atoms with Gasteiger partial charge in [0.05, 0.1) is 13.2 Å². The summed E-state index contributed by atoms with van der Waals surface area (Å²) < 4.78 is 21.0. The number of carbonyl (C=O) groups is 1. The zero-order valence-corrected chi connectivity index (χ0v) is 12.2. The van der Waals surface area contributed by atoms with E-state index in [4.69, 9.17) is 14.2 Å². The van der Waals surface area contributed by atoms with Crippen molar-refractivity contribution < 1.29 is 23.7 Å². The molecule has 0 aromatic carbocycles. The number of hydrogen-bond acceptors (Lipinski definition) is 5. The van der Waals surface area contributed by atoms with Crippen LogP contribution in [0.4, 0.5) is 0 Å². The maximum Gasteiger partial charge on any atom is 0.333 e. The quantitative estimate of drug-likeness (QED) is 0.454. The average Bonchev–Trinajstić information content (AvgIpc) is 2.53. The van der Waals surface area contributed by atoms with Crippen LogP contribution in [0.1, 0.15) is 32.1 Å². The number of rotatable bonds is 3. The van der Waals surface area contributed by atoms with Gasteiger partial charge in [-0.25, -0.2) is 4.79 Å². The normalized spacial score (nSPS) is 23.6. The minimum atomic E-state index is -0.419. The van der Waals surface area contributed by atoms with E-state index < -0.39 is 5.97 Å². The van der Waals surface area contributed by atoms with Crippen LogP contribution in [0.3, 0.4) is 0 Å². The molecule has 2 aliphatic heterocycles. The molecule has 0 aliphatic carbocycles. The van der Waals surface area contributed by atoms with Crippen molar-refractivity contribution in [2.75, 3.05) is 20.3 Å². The van der Waals surface area contributed by atoms with E-state index in [1.165, 1.54) is 13.2 Å². The molecule has 2 heterocycles. The molecule has 1 saturated heterocycles. The van der Waals surface area contributed by atoms with E-state index in [1.807, 2.05) is 6.08 Å². The first-order valence-electron chi connectivity index (χ1n) is 7.16. The fourth-order valence-electron chi connectivity index (χ4n) is 2.05. The first-order valence-corrected chi connectivity index (χ1v) is 7.16. The highest BCUT2D eigenvalue weighted by Gasteiger charge is 2.13. The highest BCUT2D eigenvalue weighted by atomic mass is 16.7. The number of hydrogen-bond donors (Lipinski definition) is 0. The molecule has 2 aliphatic rings. The predicted octanol–water partition coefficient (Wildman–Crippen LogP) is 2.28. The van der Waals surface area contributed by atoms with Crippen molar-refractivity contribution in [3.8, 4) is 11.8 Å². The number of carbonyl (C=O) groups excluding carboxylic acids is 1. The molecule has 0 amide bonds. The van der Waals surface area contributed by atoms with Crippen molar-refractivity contribution in [2.24, 2.45) is 0 Å². The van der Waals surface area contributed by atoms with Crippen molar-refractivity contribution in [3.05, 3.63) is 23.7 Å². The van der Waals surface area contributed by atoms with Gasteiger partial charge < -0.3 is 18.9 Å². The second-order valence-corrected chi connectivity index (χ2v) is 4.75. The van der Waals surface area contributed by atoms with E-state index in [9.17, 15) is 4.79 Å². The summed E-state index contributed by atoms with van der Waals surface area (Å²) in [6.45, 7) is 1.06. The van der Waals surface area contributed by atoms with Gasteiger partial charge in [-0.1, -0.05) is 5.92 Å². The molecular weight excluding hydrogens is 272 g/mol. The van der Waals surface area contributed by atoms with E-state index in [-0.39, 0.29) is 6.29 Å². The molecule has 0 spiro atoms. The lowest BCUT2D eigenvalue weighted by Crippen LogP contribution is -2.22. The van der Waals surface area contributed by atoms with Gasteiger partial charge in [0.15, 0.2) is 12.0 Å². The van der Waals surface area contributed by atoms with Crippen LogP contribution in [0.5, 0.6) is 0 Å². The molecule has 0 bridgehead atoms. The highest BCUT2D eigenvalue weighted by molar-refractivity contribution is 5.82. The monoisotopic (exact) mass is 292 g/mol. The summed E-state index contributed by atoms with van der Waals surface area (Å²) in [4.78, 5) is 11.2. The molecule has 1 unspecified atom stereocenters. The summed E-state index contributed by atoms with van der Waals surface area (Å²) in [7, 11) is 1.34. The molecule has 5 heteroatoms. The fraction of sp³-hybridized carbons (Fsp3) is 0.562. The van der Waals surface area contributed by atoms with Gasteiger partial charge in [0.25, 0.3) is 0 Å². The van der Waals surface area contributed by atoms with Gasteiger partial charge in [0, 0.05) is 13.0 Å². The molecule has 5 nitrogen and oxygen atoms in total. The Morgan fingerprint density at radius 1 is 1.52 bits per heavy atom. The first kappa shape index (κ1) is 15.6. The SMILES string of the molecule is COC(=O)/C=C1\CCC=C(C#CCOC2CCCCO2)O1. The second-order valence-electron chi connectivity index (χ2n) is 4.75. The second kappa shape index (κ2) is 8.50. The molecule has 0 aromatic heterocycles. The van der Waals surface area contributed by atoms with Gasteiger partial charge >= 0.3 is 5.97 Å². The maximum absolute atomic E-state index is 11.2. The van der Waals surface area contributed by atoms with Gasteiger partial charge in [0.2, 0.25) is 0 Å². The zero-order chi connectivity index (χ0) is 14.9. The first-order chi connectivity index (χ1) is 10.3. The van der Waals surface area contributed by atoms with E-state index in [2.05, 4.69) is 16.6 Å². The summed E-state index contributed by atoms with van der Waals surface area (Å²) in [5.41, 5.74) is 0. The van der Waals surface area contributed by atoms with Crippen LogP contribution in [0.25, 0.3) is 0 Å². The lowest BCUT2D eigenvalue weighted by Gasteiger charge is -2.21. The average molecular weight is 292 g/mol. The Hall–Kier alpha value is -1.77. The summed E-state index contributed by atoms with van der Waals surface area (Å²) >= 11 is 0. The van der Waals surface area contributed by atoms with Gasteiger partial charge in [-0.15, -0.1) is 0 Å². The van der Waals surface area contributed by atoms with Crippen LogP contribution in [0.2, 0.25) is 0 Å². The Morgan fingerprint density at radius 2 is 2.43 bits per heavy atom. The third-order valence-electron chi connectivity index (χ3n) is 3.13. The molecular formula is C16H20O5. The summed E-state index contributed by atoms with van der Waals surface area (Å²) in [6, 6.07) is 0. The molecule has 0 aromatic rings. The van der Waals surface area contributed by atoms with Gasteiger partial charge in [-0.2, -0.15) is 0 Å². The molecule has 1 fully saturated rings. The van der Waals surface area contributed by atoms with Crippen molar-refractivity contribution >= 4 is 5.97 Å².